The summed E-state index contributed by atoms with van der Waals surface area (Å²) in [6.07, 6.45) is 0. The van der Waals surface area contributed by atoms with Gasteiger partial charge in [-0.25, -0.2) is 24.9 Å². The molecule has 0 N–H and O–H groups in total. The first-order chi connectivity index (χ1) is 26.7. The normalized spacial score (nSPS) is 12.5. The third-order valence-corrected chi connectivity index (χ3v) is 11.9. The number of aromatic nitrogens is 3. The van der Waals surface area contributed by atoms with Crippen LogP contribution in [0, 0.1) is 11.3 Å². The van der Waals surface area contributed by atoms with Crippen LogP contribution in [0.15, 0.2) is 186 Å². The van der Waals surface area contributed by atoms with Gasteiger partial charge < -0.3 is 0 Å². The Morgan fingerprint density at radius 3 is 1.65 bits per heavy atom. The minimum absolute atomic E-state index is 0.457. The maximum atomic E-state index is 9.88. The summed E-state index contributed by atoms with van der Waals surface area (Å²) in [6.45, 7) is 0. The first kappa shape index (κ1) is 33.1. The summed E-state index contributed by atoms with van der Waals surface area (Å²) in [7, 11) is 0. The molecule has 6 nitrogen and oxygen atoms in total. The number of amidine groups is 1. The molecular formula is C47H29IN6. The molecule has 0 saturated carbocycles. The molecule has 0 fully saturated rings. The molecule has 0 atom stereocenters. The van der Waals surface area contributed by atoms with Gasteiger partial charge in [0.1, 0.15) is 7.35 Å². The van der Waals surface area contributed by atoms with Gasteiger partial charge in [-0.2, -0.15) is 5.26 Å². The van der Waals surface area contributed by atoms with Gasteiger partial charge in [0.15, 0.2) is 23.3 Å². The third kappa shape index (κ3) is 6.78. The fraction of sp³-hybridized carbons (Fsp3) is 0. The highest BCUT2D eigenvalue weighted by Gasteiger charge is 2.17. The van der Waals surface area contributed by atoms with Crippen molar-refractivity contribution in [1.82, 2.24) is 15.0 Å². The van der Waals surface area contributed by atoms with Crippen molar-refractivity contribution in [2.45, 2.75) is 0 Å². The zero-order valence-corrected chi connectivity index (χ0v) is 31.0. The highest BCUT2D eigenvalue weighted by atomic mass is 127. The van der Waals surface area contributed by atoms with Crippen molar-refractivity contribution in [1.29, 1.82) is 5.26 Å². The topological polar surface area (TPSA) is 87.2 Å². The summed E-state index contributed by atoms with van der Waals surface area (Å²) >= 11 is -0.551. The van der Waals surface area contributed by atoms with E-state index in [1.165, 1.54) is 0 Å². The zero-order chi connectivity index (χ0) is 36.3. The van der Waals surface area contributed by atoms with Gasteiger partial charge in [-0.3, -0.25) is 0 Å². The van der Waals surface area contributed by atoms with E-state index in [0.29, 0.717) is 28.6 Å². The maximum Gasteiger partial charge on any atom is 0.165 e. The van der Waals surface area contributed by atoms with Crippen LogP contribution in [0.3, 0.4) is 0 Å². The fourth-order valence-electron chi connectivity index (χ4n) is 6.34. The Bertz CT molecular complexity index is 2760. The Balaban J connectivity index is 1.05. The number of hydrogen-bond donors (Lipinski definition) is 0. The molecule has 8 aromatic rings. The molecule has 0 spiro atoms. The molecular weight excluding hydrogens is 775 g/mol. The van der Waals surface area contributed by atoms with Crippen molar-refractivity contribution in [2.24, 2.45) is 9.98 Å². The summed E-state index contributed by atoms with van der Waals surface area (Å²) in [5.41, 5.74) is 8.30. The summed E-state index contributed by atoms with van der Waals surface area (Å²) in [6, 6.07) is 61.6. The Kier molecular flexibility index (Phi) is 9.01. The summed E-state index contributed by atoms with van der Waals surface area (Å²) in [5.74, 6) is 2.27. The molecule has 7 heteroatoms. The Morgan fingerprint density at radius 2 is 0.944 bits per heavy atom. The summed E-state index contributed by atoms with van der Waals surface area (Å²) < 4.78 is 2.22. The van der Waals surface area contributed by atoms with Crippen LogP contribution >= 0.6 is 20.7 Å². The van der Waals surface area contributed by atoms with Crippen molar-refractivity contribution >= 4 is 44.7 Å². The lowest BCUT2D eigenvalue weighted by molar-refractivity contribution is 1.07. The Labute approximate surface area is 322 Å². The maximum absolute atomic E-state index is 9.88. The largest absolute Gasteiger partial charge is 0.222 e. The van der Waals surface area contributed by atoms with Crippen LogP contribution in [0.4, 0.5) is 0 Å². The lowest BCUT2D eigenvalue weighted by Crippen LogP contribution is -2.11. The minimum atomic E-state index is -0.551. The van der Waals surface area contributed by atoms with Gasteiger partial charge in [0.2, 0.25) is 0 Å². The van der Waals surface area contributed by atoms with E-state index in [2.05, 4.69) is 115 Å². The first-order valence-electron chi connectivity index (χ1n) is 17.4. The van der Waals surface area contributed by atoms with Crippen molar-refractivity contribution in [3.8, 4) is 51.4 Å². The molecule has 1 aliphatic rings. The second kappa shape index (κ2) is 14.7. The van der Waals surface area contributed by atoms with Crippen LogP contribution in [0.2, 0.25) is 0 Å². The van der Waals surface area contributed by atoms with Gasteiger partial charge in [-0.1, -0.05) is 158 Å². The molecule has 254 valence electrons. The average molecular weight is 805 g/mol. The van der Waals surface area contributed by atoms with E-state index in [0.717, 1.165) is 62.9 Å². The fourth-order valence-corrected chi connectivity index (χ4v) is 8.86. The predicted molar refractivity (Wildman–Crippen MR) is 228 cm³/mol. The number of rotatable bonds is 7. The quantitative estimate of drug-likeness (QED) is 0.150. The summed E-state index contributed by atoms with van der Waals surface area (Å²) in [4.78, 5) is 24.9. The number of halogens is 1. The van der Waals surface area contributed by atoms with Crippen LogP contribution in [-0.2, 0) is 0 Å². The zero-order valence-electron chi connectivity index (χ0n) is 28.8. The van der Waals surface area contributed by atoms with Gasteiger partial charge in [0.05, 0.1) is 11.6 Å². The van der Waals surface area contributed by atoms with Gasteiger partial charge in [-0.15, -0.1) is 0 Å². The second-order valence-electron chi connectivity index (χ2n) is 12.6. The van der Waals surface area contributed by atoms with Crippen LogP contribution in [0.1, 0.15) is 22.3 Å². The number of fused-ring (bicyclic) bond motifs is 1. The molecule has 7 aromatic carbocycles. The Morgan fingerprint density at radius 1 is 0.407 bits per heavy atom. The van der Waals surface area contributed by atoms with Crippen LogP contribution < -0.4 is 0 Å². The monoisotopic (exact) mass is 804 g/mol. The van der Waals surface area contributed by atoms with Gasteiger partial charge in [0.25, 0.3) is 0 Å². The molecule has 0 bridgehead atoms. The molecule has 1 aliphatic heterocycles. The molecule has 0 saturated heterocycles. The number of nitriles is 1. The van der Waals surface area contributed by atoms with E-state index in [1.54, 1.807) is 6.07 Å². The van der Waals surface area contributed by atoms with E-state index in [1.807, 2.05) is 60.7 Å². The standard InChI is InChI=1S/C47H29IN6/c49-30-40-17-9-10-18-41(40)47-53-45(52-46(54-47)39-28-23-31-11-7-8-16-38(31)29-39)37-26-21-33(22-27-37)32-19-24-36(25-20-32)44-50-42(34-12-3-1-4-13-34)48-43(51-44)35-14-5-2-6-15-35/h1-29H. The van der Waals surface area contributed by atoms with E-state index in [4.69, 9.17) is 24.9 Å². The Hall–Kier alpha value is -6.76. The summed E-state index contributed by atoms with van der Waals surface area (Å²) in [5, 5.41) is 12.1. The SMILES string of the molecule is N#Cc1ccccc1-c1nc(-c2ccc(-c3ccc(C4=NC(c5ccccc5)=IC(c5ccccc5)=N4)cc3)cc2)nc(-c2ccc3ccccc3c2)n1. The third-order valence-electron chi connectivity index (χ3n) is 9.16. The highest BCUT2D eigenvalue weighted by molar-refractivity contribution is 14.2. The smallest absolute Gasteiger partial charge is 0.165 e. The molecule has 2 heterocycles. The van der Waals surface area contributed by atoms with Gasteiger partial charge in [0, 0.05) is 33.4 Å². The van der Waals surface area contributed by atoms with E-state index < -0.39 is 20.7 Å². The molecule has 0 aliphatic carbocycles. The van der Waals surface area contributed by atoms with Crippen molar-refractivity contribution in [2.75, 3.05) is 0 Å². The first-order valence-corrected chi connectivity index (χ1v) is 19.6. The molecule has 0 amide bonds. The van der Waals surface area contributed by atoms with Crippen molar-refractivity contribution in [3.63, 3.8) is 0 Å². The van der Waals surface area contributed by atoms with Crippen molar-refractivity contribution in [3.05, 3.63) is 198 Å². The second-order valence-corrected chi connectivity index (χ2v) is 15.2. The van der Waals surface area contributed by atoms with Crippen LogP contribution in [0.5, 0.6) is 0 Å². The molecule has 54 heavy (non-hydrogen) atoms. The minimum Gasteiger partial charge on any atom is -0.222 e. The number of aliphatic imine (C=N–C) groups is 2. The van der Waals surface area contributed by atoms with E-state index in [-0.39, 0.29) is 0 Å². The average Bonchev–Trinajstić information content (AvgIpc) is 3.26. The number of benzene rings is 7. The highest BCUT2D eigenvalue weighted by Crippen LogP contribution is 2.31. The number of hydrogen-bond acceptors (Lipinski definition) is 6. The van der Waals surface area contributed by atoms with Gasteiger partial charge >= 0.3 is 0 Å². The lowest BCUT2D eigenvalue weighted by Gasteiger charge is -2.13. The van der Waals surface area contributed by atoms with Crippen LogP contribution in [0.25, 0.3) is 56.1 Å². The molecule has 0 unspecified atom stereocenters. The molecule has 0 radical (unpaired) electrons. The molecule has 1 aromatic heterocycles. The number of nitrogens with zero attached hydrogens (tertiary/aromatic N) is 6. The molecule has 9 rings (SSSR count). The van der Waals surface area contributed by atoms with Crippen molar-refractivity contribution < 1.29 is 0 Å². The predicted octanol–water partition coefficient (Wildman–Crippen LogP) is 10.9. The van der Waals surface area contributed by atoms with Crippen LogP contribution in [-0.4, -0.2) is 28.1 Å². The van der Waals surface area contributed by atoms with E-state index in [9.17, 15) is 5.26 Å². The van der Waals surface area contributed by atoms with Gasteiger partial charge in [-0.05, 0) is 60.8 Å². The lowest BCUT2D eigenvalue weighted by atomic mass is 10.0. The van der Waals surface area contributed by atoms with E-state index >= 15 is 0 Å².